The summed E-state index contributed by atoms with van der Waals surface area (Å²) in [4.78, 5) is 11.8. The number of hydrogen-bond acceptors (Lipinski definition) is 3. The van der Waals surface area contributed by atoms with Crippen LogP contribution in [0.5, 0.6) is 0 Å². The lowest BCUT2D eigenvalue weighted by Crippen LogP contribution is -2.49. The van der Waals surface area contributed by atoms with Crippen molar-refractivity contribution in [3.63, 3.8) is 0 Å². The number of carbonyl (C=O) groups is 1. The largest absolute Gasteiger partial charge is 0.354 e. The number of carbonyl (C=O) groups excluding carboxylic acids is 1. The predicted octanol–water partition coefficient (Wildman–Crippen LogP) is 1.76. The first-order valence-corrected chi connectivity index (χ1v) is 7.11. The molecule has 0 aromatic rings. The zero-order valence-electron chi connectivity index (χ0n) is 10.6. The van der Waals surface area contributed by atoms with Crippen molar-refractivity contribution in [1.29, 1.82) is 0 Å². The number of thioether (sulfide) groups is 1. The highest BCUT2D eigenvalue weighted by Crippen LogP contribution is 2.24. The van der Waals surface area contributed by atoms with Gasteiger partial charge in [-0.05, 0) is 24.0 Å². The Bertz CT molecular complexity index is 232. The van der Waals surface area contributed by atoms with Crippen molar-refractivity contribution in [2.24, 2.45) is 11.1 Å². The third-order valence-electron chi connectivity index (χ3n) is 2.99. The SMILES string of the molecule is CC(C)(C)[C@@H](N)C(=O)NCC1CCCCS1. The lowest BCUT2D eigenvalue weighted by Gasteiger charge is -2.27. The van der Waals surface area contributed by atoms with E-state index in [4.69, 9.17) is 5.73 Å². The van der Waals surface area contributed by atoms with Crippen LogP contribution < -0.4 is 11.1 Å². The molecule has 0 saturated carbocycles. The monoisotopic (exact) mass is 244 g/mol. The number of nitrogens with one attached hydrogen (secondary N) is 1. The normalized spacial score (nSPS) is 23.9. The minimum Gasteiger partial charge on any atom is -0.354 e. The molecule has 1 fully saturated rings. The Labute approximate surface area is 103 Å². The number of hydrogen-bond donors (Lipinski definition) is 2. The average Bonchev–Trinajstić information content (AvgIpc) is 2.25. The molecule has 1 unspecified atom stereocenters. The van der Waals surface area contributed by atoms with Crippen LogP contribution in [0, 0.1) is 5.41 Å². The first-order valence-electron chi connectivity index (χ1n) is 6.06. The number of nitrogens with two attached hydrogens (primary N) is 1. The molecular formula is C12H24N2OS. The molecule has 3 N–H and O–H groups in total. The fourth-order valence-electron chi connectivity index (χ4n) is 1.69. The number of amides is 1. The van der Waals surface area contributed by atoms with Crippen LogP contribution in [-0.4, -0.2) is 29.5 Å². The lowest BCUT2D eigenvalue weighted by molar-refractivity contribution is -0.124. The molecule has 0 aliphatic carbocycles. The van der Waals surface area contributed by atoms with E-state index in [0.717, 1.165) is 6.54 Å². The van der Waals surface area contributed by atoms with Crippen LogP contribution >= 0.6 is 11.8 Å². The van der Waals surface area contributed by atoms with Gasteiger partial charge in [-0.1, -0.05) is 27.2 Å². The summed E-state index contributed by atoms with van der Waals surface area (Å²) in [7, 11) is 0. The van der Waals surface area contributed by atoms with Crippen molar-refractivity contribution in [1.82, 2.24) is 5.32 Å². The maximum atomic E-state index is 11.8. The van der Waals surface area contributed by atoms with Gasteiger partial charge in [0.2, 0.25) is 5.91 Å². The Balaban J connectivity index is 2.29. The van der Waals surface area contributed by atoms with Gasteiger partial charge in [-0.25, -0.2) is 0 Å². The van der Waals surface area contributed by atoms with Gasteiger partial charge in [-0.15, -0.1) is 0 Å². The van der Waals surface area contributed by atoms with Crippen LogP contribution in [0.1, 0.15) is 40.0 Å². The van der Waals surface area contributed by atoms with Crippen LogP contribution in [0.2, 0.25) is 0 Å². The second kappa shape index (κ2) is 5.92. The van der Waals surface area contributed by atoms with Gasteiger partial charge in [-0.2, -0.15) is 11.8 Å². The Hall–Kier alpha value is -0.220. The summed E-state index contributed by atoms with van der Waals surface area (Å²) in [6.45, 7) is 6.75. The molecule has 1 aliphatic heterocycles. The van der Waals surface area contributed by atoms with Gasteiger partial charge in [0, 0.05) is 11.8 Å². The molecule has 0 spiro atoms. The molecule has 2 atom stereocenters. The fourth-order valence-corrected chi connectivity index (χ4v) is 2.92. The summed E-state index contributed by atoms with van der Waals surface area (Å²) in [6.07, 6.45) is 3.82. The summed E-state index contributed by atoms with van der Waals surface area (Å²) in [5.41, 5.74) is 5.73. The summed E-state index contributed by atoms with van der Waals surface area (Å²) < 4.78 is 0. The minimum atomic E-state index is -0.416. The molecule has 0 bridgehead atoms. The van der Waals surface area contributed by atoms with Gasteiger partial charge in [-0.3, -0.25) is 4.79 Å². The van der Waals surface area contributed by atoms with Gasteiger partial charge < -0.3 is 11.1 Å². The smallest absolute Gasteiger partial charge is 0.237 e. The minimum absolute atomic E-state index is 0.0151. The second-order valence-corrected chi connectivity index (χ2v) is 6.99. The first kappa shape index (κ1) is 13.8. The average molecular weight is 244 g/mol. The van der Waals surface area contributed by atoms with Crippen LogP contribution in [0.3, 0.4) is 0 Å². The van der Waals surface area contributed by atoms with Gasteiger partial charge in [0.05, 0.1) is 6.04 Å². The molecule has 94 valence electrons. The van der Waals surface area contributed by atoms with Crippen molar-refractivity contribution < 1.29 is 4.79 Å². The van der Waals surface area contributed by atoms with E-state index in [9.17, 15) is 4.79 Å². The molecule has 1 rings (SSSR count). The van der Waals surface area contributed by atoms with Crippen molar-refractivity contribution in [3.8, 4) is 0 Å². The van der Waals surface area contributed by atoms with E-state index in [0.29, 0.717) is 5.25 Å². The molecule has 4 heteroatoms. The highest BCUT2D eigenvalue weighted by atomic mass is 32.2. The Kier molecular flexibility index (Phi) is 5.12. The van der Waals surface area contributed by atoms with E-state index in [1.807, 2.05) is 32.5 Å². The van der Waals surface area contributed by atoms with Crippen LogP contribution in [-0.2, 0) is 4.79 Å². The van der Waals surface area contributed by atoms with E-state index in [1.165, 1.54) is 25.0 Å². The third-order valence-corrected chi connectivity index (χ3v) is 4.39. The molecule has 1 amide bonds. The molecule has 16 heavy (non-hydrogen) atoms. The fraction of sp³-hybridized carbons (Fsp3) is 0.917. The van der Waals surface area contributed by atoms with E-state index in [1.54, 1.807) is 0 Å². The van der Waals surface area contributed by atoms with Gasteiger partial charge in [0.15, 0.2) is 0 Å². The molecule has 0 aromatic heterocycles. The summed E-state index contributed by atoms with van der Waals surface area (Å²) in [5, 5.41) is 3.56. The predicted molar refractivity (Wildman–Crippen MR) is 70.5 cm³/mol. The summed E-state index contributed by atoms with van der Waals surface area (Å²) in [6, 6.07) is -0.416. The number of rotatable bonds is 3. The van der Waals surface area contributed by atoms with E-state index < -0.39 is 6.04 Å². The van der Waals surface area contributed by atoms with Crippen molar-refractivity contribution in [2.75, 3.05) is 12.3 Å². The molecule has 1 saturated heterocycles. The third kappa shape index (κ3) is 4.34. The maximum Gasteiger partial charge on any atom is 0.237 e. The van der Waals surface area contributed by atoms with Crippen molar-refractivity contribution in [2.45, 2.75) is 51.3 Å². The van der Waals surface area contributed by atoms with Crippen molar-refractivity contribution >= 4 is 17.7 Å². The van der Waals surface area contributed by atoms with Gasteiger partial charge in [0.1, 0.15) is 0 Å². The zero-order valence-corrected chi connectivity index (χ0v) is 11.4. The van der Waals surface area contributed by atoms with Gasteiger partial charge in [0.25, 0.3) is 0 Å². The molecule has 1 heterocycles. The van der Waals surface area contributed by atoms with E-state index in [-0.39, 0.29) is 11.3 Å². The highest BCUT2D eigenvalue weighted by molar-refractivity contribution is 7.99. The van der Waals surface area contributed by atoms with E-state index >= 15 is 0 Å². The summed E-state index contributed by atoms with van der Waals surface area (Å²) >= 11 is 1.97. The maximum absolute atomic E-state index is 11.8. The zero-order chi connectivity index (χ0) is 12.2. The first-order chi connectivity index (χ1) is 7.41. The van der Waals surface area contributed by atoms with Crippen LogP contribution in [0.25, 0.3) is 0 Å². The van der Waals surface area contributed by atoms with Crippen LogP contribution in [0.4, 0.5) is 0 Å². The Morgan fingerprint density at radius 3 is 2.69 bits per heavy atom. The molecule has 0 aromatic carbocycles. The van der Waals surface area contributed by atoms with Gasteiger partial charge >= 0.3 is 0 Å². The Morgan fingerprint density at radius 1 is 1.50 bits per heavy atom. The van der Waals surface area contributed by atoms with Crippen molar-refractivity contribution in [3.05, 3.63) is 0 Å². The lowest BCUT2D eigenvalue weighted by atomic mass is 9.87. The highest BCUT2D eigenvalue weighted by Gasteiger charge is 2.27. The topological polar surface area (TPSA) is 55.1 Å². The second-order valence-electron chi connectivity index (χ2n) is 5.58. The standard InChI is InChI=1S/C12H24N2OS/c1-12(2,3)10(13)11(15)14-8-9-6-4-5-7-16-9/h9-10H,4-8,13H2,1-3H3,(H,14,15)/t9?,10-/m0/s1. The molecule has 1 aliphatic rings. The molecular weight excluding hydrogens is 220 g/mol. The van der Waals surface area contributed by atoms with Crippen LogP contribution in [0.15, 0.2) is 0 Å². The molecule has 0 radical (unpaired) electrons. The quantitative estimate of drug-likeness (QED) is 0.795. The van der Waals surface area contributed by atoms with E-state index in [2.05, 4.69) is 5.32 Å². The Morgan fingerprint density at radius 2 is 2.19 bits per heavy atom. The summed E-state index contributed by atoms with van der Waals surface area (Å²) in [5.74, 6) is 1.21. The molecule has 3 nitrogen and oxygen atoms in total.